The minimum Gasteiger partial charge on any atom is -0.496 e. The van der Waals surface area contributed by atoms with E-state index < -0.39 is 9.84 Å². The predicted molar refractivity (Wildman–Crippen MR) is 109 cm³/mol. The average Bonchev–Trinajstić information content (AvgIpc) is 2.98. The highest BCUT2D eigenvalue weighted by Gasteiger charge is 2.37. The molecule has 0 bridgehead atoms. The SMILES string of the molecule is COc1cccc2c1C(Sc1ccc(OCc3cccnc3)cc1)CS2(=O)=O. The molecule has 0 saturated heterocycles. The van der Waals surface area contributed by atoms with Crippen LogP contribution in [-0.2, 0) is 16.4 Å². The van der Waals surface area contributed by atoms with Crippen LogP contribution in [0, 0.1) is 0 Å². The number of methoxy groups -OCH3 is 1. The zero-order valence-corrected chi connectivity index (χ0v) is 16.9. The Labute approximate surface area is 168 Å². The van der Waals surface area contributed by atoms with Gasteiger partial charge in [0.1, 0.15) is 18.1 Å². The smallest absolute Gasteiger partial charge is 0.180 e. The Morgan fingerprint density at radius 2 is 1.93 bits per heavy atom. The highest BCUT2D eigenvalue weighted by molar-refractivity contribution is 8.01. The molecule has 0 fully saturated rings. The molecular weight excluding hydrogens is 394 g/mol. The van der Waals surface area contributed by atoms with Gasteiger partial charge < -0.3 is 9.47 Å². The van der Waals surface area contributed by atoms with E-state index in [0.717, 1.165) is 21.8 Å². The van der Waals surface area contributed by atoms with Gasteiger partial charge in [0.2, 0.25) is 0 Å². The molecule has 28 heavy (non-hydrogen) atoms. The molecular formula is C21H19NO4S2. The first kappa shape index (κ1) is 18.8. The van der Waals surface area contributed by atoms with Crippen molar-refractivity contribution < 1.29 is 17.9 Å². The number of rotatable bonds is 6. The summed E-state index contributed by atoms with van der Waals surface area (Å²) in [5, 5.41) is -0.196. The zero-order valence-electron chi connectivity index (χ0n) is 15.2. The maximum atomic E-state index is 12.5. The molecule has 0 N–H and O–H groups in total. The van der Waals surface area contributed by atoms with Crippen molar-refractivity contribution in [2.75, 3.05) is 12.9 Å². The minimum absolute atomic E-state index is 0.0760. The number of nitrogens with zero attached hydrogens (tertiary/aromatic N) is 1. The summed E-state index contributed by atoms with van der Waals surface area (Å²) in [6.07, 6.45) is 3.50. The van der Waals surface area contributed by atoms with Gasteiger partial charge in [0.05, 0.1) is 23.0 Å². The summed E-state index contributed by atoms with van der Waals surface area (Å²) in [4.78, 5) is 5.43. The molecule has 7 heteroatoms. The summed E-state index contributed by atoms with van der Waals surface area (Å²) in [7, 11) is -1.72. The lowest BCUT2D eigenvalue weighted by molar-refractivity contribution is 0.305. The highest BCUT2D eigenvalue weighted by atomic mass is 32.2. The third-order valence-electron chi connectivity index (χ3n) is 4.50. The lowest BCUT2D eigenvalue weighted by Crippen LogP contribution is -2.01. The molecule has 0 amide bonds. The lowest BCUT2D eigenvalue weighted by Gasteiger charge is -2.14. The normalized spacial score (nSPS) is 17.1. The molecule has 3 aromatic rings. The standard InChI is InChI=1S/C21H19NO4S2/c1-25-18-5-2-6-20-21(18)19(14-28(20,23)24)27-17-9-7-16(8-10-17)26-13-15-4-3-11-22-12-15/h2-12,19H,13-14H2,1H3. The molecule has 0 spiro atoms. The fourth-order valence-corrected chi connectivity index (χ4v) is 6.66. The number of ether oxygens (including phenoxy) is 2. The van der Waals surface area contributed by atoms with Gasteiger partial charge in [0.15, 0.2) is 9.84 Å². The van der Waals surface area contributed by atoms with Crippen LogP contribution in [0.4, 0.5) is 0 Å². The fourth-order valence-electron chi connectivity index (χ4n) is 3.18. The molecule has 2 heterocycles. The zero-order chi connectivity index (χ0) is 19.6. The molecule has 1 aromatic heterocycles. The van der Waals surface area contributed by atoms with E-state index in [2.05, 4.69) is 4.98 Å². The van der Waals surface area contributed by atoms with Gasteiger partial charge >= 0.3 is 0 Å². The van der Waals surface area contributed by atoms with Crippen LogP contribution in [0.5, 0.6) is 11.5 Å². The van der Waals surface area contributed by atoms with Gasteiger partial charge in [-0.15, -0.1) is 11.8 Å². The first-order chi connectivity index (χ1) is 13.6. The summed E-state index contributed by atoms with van der Waals surface area (Å²) < 4.78 is 36.2. The van der Waals surface area contributed by atoms with Crippen LogP contribution < -0.4 is 9.47 Å². The third-order valence-corrected chi connectivity index (χ3v) is 7.74. The number of thioether (sulfide) groups is 1. The summed E-state index contributed by atoms with van der Waals surface area (Å²) in [6, 6.07) is 16.7. The van der Waals surface area contributed by atoms with Crippen LogP contribution >= 0.6 is 11.8 Å². The Balaban J connectivity index is 1.48. The molecule has 144 valence electrons. The summed E-state index contributed by atoms with van der Waals surface area (Å²) in [5.74, 6) is 1.45. The van der Waals surface area contributed by atoms with Gasteiger partial charge in [0.25, 0.3) is 0 Å². The quantitative estimate of drug-likeness (QED) is 0.601. The van der Waals surface area contributed by atoms with Crippen LogP contribution in [0.15, 0.2) is 76.8 Å². The van der Waals surface area contributed by atoms with E-state index in [4.69, 9.17) is 9.47 Å². The molecule has 1 atom stereocenters. The van der Waals surface area contributed by atoms with Crippen molar-refractivity contribution in [1.82, 2.24) is 4.98 Å². The van der Waals surface area contributed by atoms with Crippen LogP contribution in [0.25, 0.3) is 0 Å². The average molecular weight is 414 g/mol. The Morgan fingerprint density at radius 1 is 1.11 bits per heavy atom. The molecule has 1 aliphatic rings. The third kappa shape index (κ3) is 3.86. The Bertz CT molecular complexity index is 1070. The van der Waals surface area contributed by atoms with Crippen molar-refractivity contribution in [3.63, 3.8) is 0 Å². The van der Waals surface area contributed by atoms with E-state index in [9.17, 15) is 8.42 Å². The second-order valence-corrected chi connectivity index (χ2v) is 9.66. The maximum Gasteiger partial charge on any atom is 0.180 e. The first-order valence-electron chi connectivity index (χ1n) is 8.75. The molecule has 1 unspecified atom stereocenters. The Hall–Kier alpha value is -2.51. The number of hydrogen-bond donors (Lipinski definition) is 0. The van der Waals surface area contributed by atoms with Crippen molar-refractivity contribution in [2.45, 2.75) is 21.6 Å². The van der Waals surface area contributed by atoms with Gasteiger partial charge in [-0.3, -0.25) is 4.98 Å². The van der Waals surface area contributed by atoms with Crippen LogP contribution in [0.1, 0.15) is 16.4 Å². The van der Waals surface area contributed by atoms with Crippen molar-refractivity contribution in [1.29, 1.82) is 0 Å². The Morgan fingerprint density at radius 3 is 2.64 bits per heavy atom. The van der Waals surface area contributed by atoms with E-state index in [0.29, 0.717) is 17.3 Å². The molecule has 1 aliphatic heterocycles. The van der Waals surface area contributed by atoms with Crippen molar-refractivity contribution in [3.05, 3.63) is 78.1 Å². The van der Waals surface area contributed by atoms with Gasteiger partial charge in [-0.25, -0.2) is 8.42 Å². The van der Waals surface area contributed by atoms with E-state index >= 15 is 0 Å². The molecule has 0 aliphatic carbocycles. The van der Waals surface area contributed by atoms with Crippen molar-refractivity contribution >= 4 is 21.6 Å². The van der Waals surface area contributed by atoms with E-state index in [1.54, 1.807) is 31.6 Å². The largest absolute Gasteiger partial charge is 0.496 e. The van der Waals surface area contributed by atoms with Gasteiger partial charge in [-0.1, -0.05) is 12.1 Å². The topological polar surface area (TPSA) is 65.5 Å². The number of hydrogen-bond acceptors (Lipinski definition) is 6. The molecule has 0 saturated carbocycles. The number of aromatic nitrogens is 1. The van der Waals surface area contributed by atoms with Crippen LogP contribution in [0.2, 0.25) is 0 Å². The first-order valence-corrected chi connectivity index (χ1v) is 11.3. The molecule has 5 nitrogen and oxygen atoms in total. The second kappa shape index (κ2) is 7.85. The maximum absolute atomic E-state index is 12.5. The molecule has 2 aromatic carbocycles. The predicted octanol–water partition coefficient (Wildman–Crippen LogP) is 4.29. The number of fused-ring (bicyclic) bond motifs is 1. The van der Waals surface area contributed by atoms with E-state index in [1.165, 1.54) is 11.8 Å². The Kier molecular flexibility index (Phi) is 5.28. The number of benzene rings is 2. The van der Waals surface area contributed by atoms with Crippen molar-refractivity contribution in [3.8, 4) is 11.5 Å². The number of sulfone groups is 1. The summed E-state index contributed by atoms with van der Waals surface area (Å²) >= 11 is 1.52. The summed E-state index contributed by atoms with van der Waals surface area (Å²) in [6.45, 7) is 0.450. The second-order valence-electron chi connectivity index (χ2n) is 6.38. The van der Waals surface area contributed by atoms with Crippen molar-refractivity contribution in [2.24, 2.45) is 0 Å². The highest BCUT2D eigenvalue weighted by Crippen LogP contribution is 2.48. The molecule has 0 radical (unpaired) electrons. The summed E-state index contributed by atoms with van der Waals surface area (Å²) in [5.41, 5.74) is 1.76. The van der Waals surface area contributed by atoms with E-state index in [-0.39, 0.29) is 11.0 Å². The van der Waals surface area contributed by atoms with Crippen LogP contribution in [0.3, 0.4) is 0 Å². The van der Waals surface area contributed by atoms with Crippen LogP contribution in [-0.4, -0.2) is 26.3 Å². The monoisotopic (exact) mass is 413 g/mol. The van der Waals surface area contributed by atoms with Gasteiger partial charge in [-0.2, -0.15) is 0 Å². The molecule has 4 rings (SSSR count). The fraction of sp³-hybridized carbons (Fsp3) is 0.190. The minimum atomic E-state index is -3.29. The number of pyridine rings is 1. The van der Waals surface area contributed by atoms with Gasteiger partial charge in [-0.05, 0) is 42.5 Å². The lowest BCUT2D eigenvalue weighted by atomic mass is 10.1. The van der Waals surface area contributed by atoms with Gasteiger partial charge in [0, 0.05) is 28.4 Å². The van der Waals surface area contributed by atoms with E-state index in [1.807, 2.05) is 42.5 Å².